The van der Waals surface area contributed by atoms with Crippen LogP contribution in [0.1, 0.15) is 0 Å². The first-order chi connectivity index (χ1) is 9.94. The van der Waals surface area contributed by atoms with Gasteiger partial charge in [-0.3, -0.25) is 10.1 Å². The topological polar surface area (TPSA) is 146 Å². The van der Waals surface area contributed by atoms with Gasteiger partial charge >= 0.3 is 5.69 Å². The fourth-order valence-electron chi connectivity index (χ4n) is 1.66. The summed E-state index contributed by atoms with van der Waals surface area (Å²) in [7, 11) is -3.87. The van der Waals surface area contributed by atoms with Gasteiger partial charge in [-0.05, 0) is 0 Å². The summed E-state index contributed by atoms with van der Waals surface area (Å²) in [5.74, 6) is 5.14. The summed E-state index contributed by atoms with van der Waals surface area (Å²) in [4.78, 5) is 10.1. The molecule has 0 saturated carbocycles. The Bertz CT molecular complexity index is 610. The van der Waals surface area contributed by atoms with Gasteiger partial charge in [-0.1, -0.05) is 11.3 Å². The van der Waals surface area contributed by atoms with Gasteiger partial charge in [-0.25, -0.2) is 19.0 Å². The highest BCUT2D eigenvalue weighted by Crippen LogP contribution is 2.36. The van der Waals surface area contributed by atoms with Crippen LogP contribution in [0.25, 0.3) is 0 Å². The van der Waals surface area contributed by atoms with Crippen molar-refractivity contribution in [3.05, 3.63) is 16.2 Å². The number of nitro groups is 1. The largest absolute Gasteiger partial charge is 0.376 e. The summed E-state index contributed by atoms with van der Waals surface area (Å²) in [5.41, 5.74) is 1.73. The maximum atomic E-state index is 12.1. The van der Waals surface area contributed by atoms with Crippen LogP contribution in [0, 0.1) is 10.1 Å². The van der Waals surface area contributed by atoms with Crippen LogP contribution < -0.4 is 16.0 Å². The van der Waals surface area contributed by atoms with Crippen LogP contribution in [0.5, 0.6) is 0 Å². The van der Waals surface area contributed by atoms with E-state index >= 15 is 0 Å². The zero-order chi connectivity index (χ0) is 15.5. The molecule has 0 aromatic carbocycles. The zero-order valence-electron chi connectivity index (χ0n) is 10.8. The number of thiophene rings is 1. The second-order valence-electron chi connectivity index (χ2n) is 4.10. The summed E-state index contributed by atoms with van der Waals surface area (Å²) < 4.78 is 36.8. The molecular formula is C9H14N4O6S2. The van der Waals surface area contributed by atoms with E-state index in [2.05, 4.69) is 10.1 Å². The molecule has 0 aliphatic carbocycles. The molecule has 2 rings (SSSR count). The molecule has 0 amide bonds. The molecule has 0 bridgehead atoms. The predicted molar refractivity (Wildman–Crippen MR) is 74.5 cm³/mol. The molecule has 1 aliphatic rings. The van der Waals surface area contributed by atoms with E-state index in [4.69, 9.17) is 15.3 Å². The Kier molecular flexibility index (Phi) is 5.08. The molecule has 21 heavy (non-hydrogen) atoms. The quantitative estimate of drug-likeness (QED) is 0.362. The molecule has 1 aromatic rings. The number of anilines is 1. The number of hydrazine groups is 1. The van der Waals surface area contributed by atoms with Crippen LogP contribution in [0.15, 0.2) is 10.3 Å². The van der Waals surface area contributed by atoms with E-state index < -0.39 is 14.9 Å². The highest BCUT2D eigenvalue weighted by molar-refractivity contribution is 7.91. The molecule has 1 aromatic heterocycles. The third kappa shape index (κ3) is 3.87. The summed E-state index contributed by atoms with van der Waals surface area (Å²) in [6, 6.07) is 0.959. The van der Waals surface area contributed by atoms with E-state index in [0.29, 0.717) is 31.2 Å². The summed E-state index contributed by atoms with van der Waals surface area (Å²) in [6.45, 7) is 1.20. The van der Waals surface area contributed by atoms with E-state index in [1.165, 1.54) is 0 Å². The maximum Gasteiger partial charge on any atom is 0.306 e. The molecule has 118 valence electrons. The molecule has 12 heteroatoms. The Morgan fingerprint density at radius 1 is 1.52 bits per heavy atom. The number of hydrogen-bond acceptors (Lipinski definition) is 9. The number of nitrogen functional groups attached to an aromatic ring is 1. The van der Waals surface area contributed by atoms with Crippen LogP contribution in [-0.2, 0) is 19.5 Å². The summed E-state index contributed by atoms with van der Waals surface area (Å²) in [5, 5.41) is 10.8. The highest BCUT2D eigenvalue weighted by atomic mass is 32.2. The Balaban J connectivity index is 2.09. The van der Waals surface area contributed by atoms with Crippen molar-refractivity contribution in [2.75, 3.05) is 31.8 Å². The summed E-state index contributed by atoms with van der Waals surface area (Å²) in [6.07, 6.45) is -0.379. The lowest BCUT2D eigenvalue weighted by Gasteiger charge is -2.22. The molecule has 0 spiro atoms. The number of ether oxygens (including phenoxy) is 2. The van der Waals surface area contributed by atoms with Crippen molar-refractivity contribution in [3.8, 4) is 0 Å². The second-order valence-corrected chi connectivity index (χ2v) is 7.15. The van der Waals surface area contributed by atoms with Gasteiger partial charge in [0.1, 0.15) is 4.21 Å². The number of nitrogens with one attached hydrogen (secondary N) is 2. The van der Waals surface area contributed by atoms with Crippen molar-refractivity contribution in [2.45, 2.75) is 10.3 Å². The molecule has 10 nitrogen and oxygen atoms in total. The number of sulfonamides is 1. The first-order valence-corrected chi connectivity index (χ1v) is 8.18. The monoisotopic (exact) mass is 338 g/mol. The lowest BCUT2D eigenvalue weighted by atomic mass is 10.3. The van der Waals surface area contributed by atoms with E-state index in [1.54, 1.807) is 0 Å². The standard InChI is InChI=1S/C9H14N4O6S2/c10-12-9-7(13(14)15)3-8(20-9)21(16,17)11-4-6-5-18-1-2-19-6/h3,6,11-12H,1-2,4-5,10H2. The van der Waals surface area contributed by atoms with Gasteiger partial charge < -0.3 is 14.9 Å². The van der Waals surface area contributed by atoms with Crippen molar-refractivity contribution in [1.29, 1.82) is 0 Å². The third-order valence-corrected chi connectivity index (χ3v) is 5.62. The molecule has 0 radical (unpaired) electrons. The molecule has 1 unspecified atom stereocenters. The van der Waals surface area contributed by atoms with Crippen LogP contribution >= 0.6 is 11.3 Å². The first-order valence-electron chi connectivity index (χ1n) is 5.88. The van der Waals surface area contributed by atoms with Crippen LogP contribution in [0.4, 0.5) is 10.7 Å². The van der Waals surface area contributed by atoms with Gasteiger partial charge in [0.25, 0.3) is 0 Å². The number of nitrogens with zero attached hydrogens (tertiary/aromatic N) is 1. The van der Waals surface area contributed by atoms with Crippen molar-refractivity contribution < 1.29 is 22.8 Å². The van der Waals surface area contributed by atoms with E-state index in [1.807, 2.05) is 0 Å². The number of rotatable bonds is 6. The fourth-order valence-corrected chi connectivity index (χ4v) is 4.01. The molecule has 1 aliphatic heterocycles. The SMILES string of the molecule is NNc1sc(S(=O)(=O)NCC2COCCO2)cc1[N+](=O)[O-]. The van der Waals surface area contributed by atoms with Gasteiger partial charge in [-0.2, -0.15) is 0 Å². The Hall–Kier alpha value is -1.31. The number of nitrogens with two attached hydrogens (primary N) is 1. The lowest BCUT2D eigenvalue weighted by molar-refractivity contribution is -0.383. The first kappa shape index (κ1) is 16.1. The van der Waals surface area contributed by atoms with E-state index in [0.717, 1.165) is 6.07 Å². The molecule has 1 atom stereocenters. The van der Waals surface area contributed by atoms with Gasteiger partial charge in [0, 0.05) is 12.6 Å². The predicted octanol–water partition coefficient (Wildman–Crippen LogP) is -0.364. The van der Waals surface area contributed by atoms with Gasteiger partial charge in [0.15, 0.2) is 5.00 Å². The minimum absolute atomic E-state index is 0.0272. The van der Waals surface area contributed by atoms with Gasteiger partial charge in [0.2, 0.25) is 10.0 Å². The van der Waals surface area contributed by atoms with Crippen molar-refractivity contribution in [3.63, 3.8) is 0 Å². The normalized spacial score (nSPS) is 19.4. The molecule has 2 heterocycles. The number of hydrogen-bond donors (Lipinski definition) is 3. The van der Waals surface area contributed by atoms with Gasteiger partial charge in [-0.15, -0.1) is 0 Å². The molecule has 1 fully saturated rings. The fraction of sp³-hybridized carbons (Fsp3) is 0.556. The van der Waals surface area contributed by atoms with Crippen molar-refractivity contribution in [2.24, 2.45) is 5.84 Å². The van der Waals surface area contributed by atoms with Gasteiger partial charge in [0.05, 0.1) is 30.8 Å². The Labute approximate surface area is 124 Å². The van der Waals surface area contributed by atoms with Crippen LogP contribution in [-0.4, -0.2) is 45.8 Å². The summed E-state index contributed by atoms with van der Waals surface area (Å²) >= 11 is 0.681. The maximum absolute atomic E-state index is 12.1. The Morgan fingerprint density at radius 3 is 2.81 bits per heavy atom. The third-order valence-electron chi connectivity index (χ3n) is 2.67. The molecule has 1 saturated heterocycles. The zero-order valence-corrected chi connectivity index (χ0v) is 12.4. The second kappa shape index (κ2) is 6.64. The highest BCUT2D eigenvalue weighted by Gasteiger charge is 2.27. The molecular weight excluding hydrogens is 324 g/mol. The van der Waals surface area contributed by atoms with Crippen molar-refractivity contribution in [1.82, 2.24) is 4.72 Å². The van der Waals surface area contributed by atoms with Crippen molar-refractivity contribution >= 4 is 32.0 Å². The Morgan fingerprint density at radius 2 is 2.29 bits per heavy atom. The molecule has 4 N–H and O–H groups in total. The van der Waals surface area contributed by atoms with E-state index in [9.17, 15) is 18.5 Å². The average Bonchev–Trinajstić information content (AvgIpc) is 2.92. The average molecular weight is 338 g/mol. The smallest absolute Gasteiger partial charge is 0.306 e. The lowest BCUT2D eigenvalue weighted by Crippen LogP contribution is -2.39. The van der Waals surface area contributed by atoms with Crippen LogP contribution in [0.2, 0.25) is 0 Å². The van der Waals surface area contributed by atoms with E-state index in [-0.39, 0.29) is 27.5 Å². The van der Waals surface area contributed by atoms with Crippen LogP contribution in [0.3, 0.4) is 0 Å². The minimum atomic E-state index is -3.87. The minimum Gasteiger partial charge on any atom is -0.376 e.